The number of nitrogens with zero attached hydrogens (tertiary/aromatic N) is 3. The van der Waals surface area contributed by atoms with Crippen LogP contribution >= 0.6 is 34.5 Å². The minimum atomic E-state index is -4.66. The highest BCUT2D eigenvalue weighted by molar-refractivity contribution is 7.15. The van der Waals surface area contributed by atoms with Crippen LogP contribution in [0, 0.1) is 0 Å². The van der Waals surface area contributed by atoms with E-state index in [1.165, 1.54) is 26.5 Å². The summed E-state index contributed by atoms with van der Waals surface area (Å²) in [5.41, 5.74) is -1.98. The number of rotatable bonds is 3. The van der Waals surface area contributed by atoms with Gasteiger partial charge in [-0.05, 0) is 30.7 Å². The van der Waals surface area contributed by atoms with Gasteiger partial charge in [-0.25, -0.2) is 9.78 Å². The molecule has 0 aliphatic carbocycles. The van der Waals surface area contributed by atoms with Crippen LogP contribution in [0.2, 0.25) is 9.49 Å². The number of benzene rings is 1. The first-order chi connectivity index (χ1) is 14.6. The van der Waals surface area contributed by atoms with Gasteiger partial charge >= 0.3 is 11.7 Å². The molecule has 0 fully saturated rings. The standard InChI is InChI=1S/C20H14Cl2F3N3O2S/c1-10-3-2-4-15-27(9-14-8-26-19(22)31-14)17(29)16(18(30)28(10)15)11-5-12(20(23,24)25)7-13(21)6-11/h2,4-8,10H,3,9H2,1H3/p+1. The SMILES string of the molecule is CC1CC=Cc2n1c(=O)c(-c1cc(Cl)cc(C(F)(F)F)c1)c(O)[n+]2Cc1cnc(Cl)s1. The Kier molecular flexibility index (Phi) is 5.61. The van der Waals surface area contributed by atoms with Crippen LogP contribution in [0.3, 0.4) is 0 Å². The van der Waals surface area contributed by atoms with E-state index in [1.54, 1.807) is 12.3 Å². The first kappa shape index (κ1) is 21.9. The van der Waals surface area contributed by atoms with Crippen molar-refractivity contribution in [3.05, 3.63) is 66.6 Å². The molecule has 1 unspecified atom stereocenters. The summed E-state index contributed by atoms with van der Waals surface area (Å²) in [6.45, 7) is 1.95. The Labute approximate surface area is 188 Å². The fourth-order valence-corrected chi connectivity index (χ4v) is 4.79. The average Bonchev–Trinajstić information content (AvgIpc) is 3.09. The molecule has 2 aromatic heterocycles. The van der Waals surface area contributed by atoms with Crippen molar-refractivity contribution in [2.45, 2.75) is 32.1 Å². The molecule has 5 nitrogen and oxygen atoms in total. The minimum Gasteiger partial charge on any atom is -0.477 e. The summed E-state index contributed by atoms with van der Waals surface area (Å²) in [6.07, 6.45) is 1.01. The van der Waals surface area contributed by atoms with Gasteiger partial charge < -0.3 is 5.11 Å². The third-order valence-electron chi connectivity index (χ3n) is 4.97. The Morgan fingerprint density at radius 2 is 2.06 bits per heavy atom. The van der Waals surface area contributed by atoms with Crippen molar-refractivity contribution in [3.8, 4) is 17.0 Å². The monoisotopic (exact) mass is 488 g/mol. The molecule has 0 spiro atoms. The van der Waals surface area contributed by atoms with Crippen molar-refractivity contribution in [2.75, 3.05) is 0 Å². The van der Waals surface area contributed by atoms with Crippen molar-refractivity contribution in [3.63, 3.8) is 0 Å². The van der Waals surface area contributed by atoms with E-state index in [0.717, 1.165) is 12.1 Å². The summed E-state index contributed by atoms with van der Waals surface area (Å²) in [5, 5.41) is 10.9. The van der Waals surface area contributed by atoms with Gasteiger partial charge in [-0.3, -0.25) is 0 Å². The van der Waals surface area contributed by atoms with Crippen molar-refractivity contribution in [2.24, 2.45) is 0 Å². The molecular weight excluding hydrogens is 474 g/mol. The maximum atomic E-state index is 13.3. The zero-order valence-corrected chi connectivity index (χ0v) is 18.3. The maximum Gasteiger partial charge on any atom is 0.416 e. The van der Waals surface area contributed by atoms with Crippen LogP contribution in [0.1, 0.15) is 35.7 Å². The first-order valence-corrected chi connectivity index (χ1v) is 10.7. The topological polar surface area (TPSA) is 59.0 Å². The maximum absolute atomic E-state index is 13.3. The molecule has 3 aromatic rings. The lowest BCUT2D eigenvalue weighted by Crippen LogP contribution is -2.47. The second-order valence-electron chi connectivity index (χ2n) is 7.11. The lowest BCUT2D eigenvalue weighted by atomic mass is 10.0. The predicted molar refractivity (Wildman–Crippen MR) is 113 cm³/mol. The molecule has 0 radical (unpaired) electrons. The lowest BCUT2D eigenvalue weighted by molar-refractivity contribution is -0.699. The molecule has 11 heteroatoms. The van der Waals surface area contributed by atoms with Gasteiger partial charge in [0.15, 0.2) is 10.0 Å². The molecule has 0 amide bonds. The molecule has 162 valence electrons. The highest BCUT2D eigenvalue weighted by Crippen LogP contribution is 2.36. The van der Waals surface area contributed by atoms with Gasteiger partial charge in [-0.1, -0.05) is 29.3 Å². The quantitative estimate of drug-likeness (QED) is 0.507. The Morgan fingerprint density at radius 3 is 2.71 bits per heavy atom. The van der Waals surface area contributed by atoms with Crippen LogP contribution in [-0.2, 0) is 12.7 Å². The van der Waals surface area contributed by atoms with Crippen LogP contribution in [0.5, 0.6) is 5.88 Å². The van der Waals surface area contributed by atoms with Gasteiger partial charge in [0.05, 0.1) is 10.4 Å². The van der Waals surface area contributed by atoms with E-state index in [0.29, 0.717) is 21.6 Å². The van der Waals surface area contributed by atoms with Gasteiger partial charge in [0, 0.05) is 23.7 Å². The Balaban J connectivity index is 2.01. The molecule has 3 heterocycles. The molecule has 0 saturated heterocycles. The largest absolute Gasteiger partial charge is 0.477 e. The summed E-state index contributed by atoms with van der Waals surface area (Å²) < 4.78 is 43.2. The lowest BCUT2D eigenvalue weighted by Gasteiger charge is -2.19. The van der Waals surface area contributed by atoms with Gasteiger partial charge in [-0.2, -0.15) is 22.3 Å². The number of hydrogen-bond donors (Lipinski definition) is 1. The van der Waals surface area contributed by atoms with E-state index in [9.17, 15) is 23.1 Å². The summed E-state index contributed by atoms with van der Waals surface area (Å²) in [4.78, 5) is 18.0. The van der Waals surface area contributed by atoms with Gasteiger partial charge in [0.1, 0.15) is 12.6 Å². The van der Waals surface area contributed by atoms with Crippen molar-refractivity contribution < 1.29 is 22.8 Å². The second kappa shape index (κ2) is 7.96. The van der Waals surface area contributed by atoms with Crippen LogP contribution in [0.4, 0.5) is 13.2 Å². The van der Waals surface area contributed by atoms with Gasteiger partial charge in [-0.15, -0.1) is 11.3 Å². The number of halogens is 5. The molecule has 1 atom stereocenters. The number of aromatic hydroxyl groups is 1. The van der Waals surface area contributed by atoms with E-state index in [2.05, 4.69) is 4.98 Å². The summed E-state index contributed by atoms with van der Waals surface area (Å²) in [6, 6.07) is 2.56. The van der Waals surface area contributed by atoms with Crippen molar-refractivity contribution in [1.82, 2.24) is 9.55 Å². The summed E-state index contributed by atoms with van der Waals surface area (Å²) in [7, 11) is 0. The normalized spacial score (nSPS) is 15.9. The number of allylic oxidation sites excluding steroid dienone is 1. The zero-order chi connectivity index (χ0) is 22.5. The molecule has 0 bridgehead atoms. The summed E-state index contributed by atoms with van der Waals surface area (Å²) >= 11 is 13.0. The van der Waals surface area contributed by atoms with Crippen LogP contribution < -0.4 is 10.1 Å². The summed E-state index contributed by atoms with van der Waals surface area (Å²) in [5.74, 6) is -0.0393. The van der Waals surface area contributed by atoms with Crippen LogP contribution in [0.15, 0.2) is 35.3 Å². The molecule has 4 rings (SSSR count). The molecule has 1 aromatic carbocycles. The average molecular weight is 489 g/mol. The number of hydrogen-bond acceptors (Lipinski definition) is 4. The first-order valence-electron chi connectivity index (χ1n) is 9.12. The predicted octanol–water partition coefficient (Wildman–Crippen LogP) is 5.32. The van der Waals surface area contributed by atoms with E-state index >= 15 is 0 Å². The Morgan fingerprint density at radius 1 is 1.32 bits per heavy atom. The molecule has 1 aliphatic rings. The molecular formula is C20H15Cl2F3N3O2S+. The highest BCUT2D eigenvalue weighted by atomic mass is 35.5. The van der Waals surface area contributed by atoms with Gasteiger partial charge in [0.2, 0.25) is 0 Å². The number of alkyl halides is 3. The van der Waals surface area contributed by atoms with Crippen molar-refractivity contribution >= 4 is 40.6 Å². The molecule has 1 N–H and O–H groups in total. The van der Waals surface area contributed by atoms with E-state index in [1.807, 2.05) is 13.0 Å². The fourth-order valence-electron chi connectivity index (χ4n) is 3.58. The zero-order valence-electron chi connectivity index (χ0n) is 16.0. The third-order valence-corrected chi connectivity index (χ3v) is 6.29. The third kappa shape index (κ3) is 4.09. The molecule has 1 aliphatic heterocycles. The van der Waals surface area contributed by atoms with Crippen LogP contribution in [0.25, 0.3) is 17.2 Å². The van der Waals surface area contributed by atoms with E-state index in [4.69, 9.17) is 23.2 Å². The Hall–Kier alpha value is -2.36. The van der Waals surface area contributed by atoms with E-state index in [-0.39, 0.29) is 28.7 Å². The fraction of sp³-hybridized carbons (Fsp3) is 0.250. The highest BCUT2D eigenvalue weighted by Gasteiger charge is 2.35. The number of thiazole rings is 1. The molecule has 31 heavy (non-hydrogen) atoms. The van der Waals surface area contributed by atoms with Gasteiger partial charge in [0.25, 0.3) is 11.7 Å². The van der Waals surface area contributed by atoms with Crippen molar-refractivity contribution in [1.29, 1.82) is 0 Å². The van der Waals surface area contributed by atoms with Crippen LogP contribution in [-0.4, -0.2) is 14.7 Å². The molecule has 0 saturated carbocycles. The van der Waals surface area contributed by atoms with E-state index < -0.39 is 23.2 Å². The Bertz CT molecular complexity index is 1270. The minimum absolute atomic E-state index is 0.115. The number of aromatic nitrogens is 3. The smallest absolute Gasteiger partial charge is 0.416 e. The number of fused-ring (bicyclic) bond motifs is 1. The second-order valence-corrected chi connectivity index (χ2v) is 9.24.